The summed E-state index contributed by atoms with van der Waals surface area (Å²) < 4.78 is 0. The number of pyridine rings is 1. The molecule has 4 nitrogen and oxygen atoms in total. The van der Waals surface area contributed by atoms with Crippen LogP contribution in [0.3, 0.4) is 0 Å². The lowest BCUT2D eigenvalue weighted by molar-refractivity contribution is 0.322. The Hall–Kier alpha value is -1.11. The van der Waals surface area contributed by atoms with Gasteiger partial charge in [0.15, 0.2) is 0 Å². The zero-order valence-electron chi connectivity index (χ0n) is 13.1. The molecule has 0 saturated carbocycles. The Labute approximate surface area is 140 Å². The minimum atomic E-state index is 0.227. The first kappa shape index (κ1) is 17.2. The second-order valence-electron chi connectivity index (χ2n) is 5.50. The fourth-order valence-electron chi connectivity index (χ4n) is 1.97. The van der Waals surface area contributed by atoms with E-state index in [2.05, 4.69) is 35.2 Å². The van der Waals surface area contributed by atoms with E-state index in [1.807, 2.05) is 18.5 Å². The molecule has 120 valence electrons. The van der Waals surface area contributed by atoms with Gasteiger partial charge in [-0.3, -0.25) is 0 Å². The molecular weight excluding hydrogens is 314 g/mol. The van der Waals surface area contributed by atoms with Gasteiger partial charge < -0.3 is 10.4 Å². The third kappa shape index (κ3) is 5.94. The predicted molar refractivity (Wildman–Crippen MR) is 95.5 cm³/mol. The lowest BCUT2D eigenvalue weighted by atomic mass is 10.1. The predicted octanol–water partition coefficient (Wildman–Crippen LogP) is 3.57. The minimum Gasteiger partial charge on any atom is -0.396 e. The maximum absolute atomic E-state index is 8.82. The molecule has 0 aliphatic heterocycles. The Morgan fingerprint density at radius 2 is 2.23 bits per heavy atom. The van der Waals surface area contributed by atoms with Gasteiger partial charge >= 0.3 is 0 Å². The Balaban J connectivity index is 1.85. The van der Waals surface area contributed by atoms with Crippen LogP contribution in [0.15, 0.2) is 24.5 Å². The molecule has 0 unspecified atom stereocenters. The Morgan fingerprint density at radius 1 is 1.36 bits per heavy atom. The SMILES string of the molecule is CC(C)Cc1ncc(CNc2cc(CSCCO)ccn2)s1. The average molecular weight is 338 g/mol. The zero-order chi connectivity index (χ0) is 15.8. The van der Waals surface area contributed by atoms with Crippen LogP contribution >= 0.6 is 23.1 Å². The van der Waals surface area contributed by atoms with E-state index in [1.165, 1.54) is 15.4 Å². The maximum Gasteiger partial charge on any atom is 0.126 e. The van der Waals surface area contributed by atoms with Gasteiger partial charge in [-0.15, -0.1) is 11.3 Å². The summed E-state index contributed by atoms with van der Waals surface area (Å²) in [6.45, 7) is 5.41. The van der Waals surface area contributed by atoms with Crippen molar-refractivity contribution in [1.29, 1.82) is 0 Å². The average Bonchev–Trinajstić information content (AvgIpc) is 2.93. The number of aromatic nitrogens is 2. The van der Waals surface area contributed by atoms with Crippen LogP contribution in [0, 0.1) is 5.92 Å². The monoisotopic (exact) mass is 337 g/mol. The van der Waals surface area contributed by atoms with E-state index >= 15 is 0 Å². The molecule has 0 saturated heterocycles. The first-order chi connectivity index (χ1) is 10.7. The number of hydrogen-bond acceptors (Lipinski definition) is 6. The summed E-state index contributed by atoms with van der Waals surface area (Å²) in [5.41, 5.74) is 1.22. The van der Waals surface area contributed by atoms with E-state index in [4.69, 9.17) is 5.11 Å². The highest BCUT2D eigenvalue weighted by Gasteiger charge is 2.05. The number of aliphatic hydroxyl groups is 1. The van der Waals surface area contributed by atoms with E-state index in [0.717, 1.165) is 30.3 Å². The summed E-state index contributed by atoms with van der Waals surface area (Å²) in [5, 5.41) is 13.4. The summed E-state index contributed by atoms with van der Waals surface area (Å²) in [4.78, 5) is 10.1. The van der Waals surface area contributed by atoms with Crippen molar-refractivity contribution in [3.63, 3.8) is 0 Å². The van der Waals surface area contributed by atoms with Gasteiger partial charge in [-0.2, -0.15) is 11.8 Å². The highest BCUT2D eigenvalue weighted by atomic mass is 32.2. The van der Waals surface area contributed by atoms with Crippen molar-refractivity contribution in [3.8, 4) is 0 Å². The highest BCUT2D eigenvalue weighted by molar-refractivity contribution is 7.98. The molecule has 2 heterocycles. The highest BCUT2D eigenvalue weighted by Crippen LogP contribution is 2.19. The quantitative estimate of drug-likeness (QED) is 0.685. The molecule has 2 rings (SSSR count). The standard InChI is InChI=1S/C16H23N3OS2/c1-12(2)7-16-19-10-14(22-16)9-18-15-8-13(3-4-17-15)11-21-6-5-20/h3-4,8,10,12,20H,5-7,9,11H2,1-2H3,(H,17,18). The summed E-state index contributed by atoms with van der Waals surface area (Å²) in [6.07, 6.45) is 4.82. The summed E-state index contributed by atoms with van der Waals surface area (Å²) in [7, 11) is 0. The van der Waals surface area contributed by atoms with Crippen molar-refractivity contribution in [2.45, 2.75) is 32.6 Å². The molecule has 22 heavy (non-hydrogen) atoms. The second kappa shape index (κ2) is 9.12. The number of thioether (sulfide) groups is 1. The van der Waals surface area contributed by atoms with E-state index in [-0.39, 0.29) is 6.61 Å². The van der Waals surface area contributed by atoms with E-state index in [1.54, 1.807) is 23.1 Å². The van der Waals surface area contributed by atoms with Gasteiger partial charge in [-0.05, 0) is 23.6 Å². The molecule has 2 N–H and O–H groups in total. The lowest BCUT2D eigenvalue weighted by Crippen LogP contribution is -2.00. The van der Waals surface area contributed by atoms with Crippen molar-refractivity contribution in [2.75, 3.05) is 17.7 Å². The maximum atomic E-state index is 8.82. The molecule has 2 aromatic rings. The van der Waals surface area contributed by atoms with Crippen molar-refractivity contribution in [2.24, 2.45) is 5.92 Å². The van der Waals surface area contributed by atoms with Gasteiger partial charge in [0.05, 0.1) is 18.2 Å². The topological polar surface area (TPSA) is 58.0 Å². The van der Waals surface area contributed by atoms with Gasteiger partial charge in [-0.1, -0.05) is 13.8 Å². The van der Waals surface area contributed by atoms with E-state index < -0.39 is 0 Å². The Kier molecular flexibility index (Phi) is 7.15. The molecule has 0 spiro atoms. The molecule has 0 aromatic carbocycles. The first-order valence-electron chi connectivity index (χ1n) is 7.48. The van der Waals surface area contributed by atoms with Gasteiger partial charge in [0.1, 0.15) is 5.82 Å². The van der Waals surface area contributed by atoms with Crippen LogP contribution < -0.4 is 5.32 Å². The first-order valence-corrected chi connectivity index (χ1v) is 9.45. The number of aliphatic hydroxyl groups excluding tert-OH is 1. The number of thiazole rings is 1. The van der Waals surface area contributed by atoms with E-state index in [9.17, 15) is 0 Å². The molecule has 0 radical (unpaired) electrons. The smallest absolute Gasteiger partial charge is 0.126 e. The molecule has 0 aliphatic rings. The van der Waals surface area contributed by atoms with Crippen molar-refractivity contribution < 1.29 is 5.11 Å². The Bertz CT molecular complexity index is 572. The second-order valence-corrected chi connectivity index (χ2v) is 7.80. The van der Waals surface area contributed by atoms with Crippen LogP contribution in [0.25, 0.3) is 0 Å². The minimum absolute atomic E-state index is 0.227. The van der Waals surface area contributed by atoms with Crippen LogP contribution in [0.1, 0.15) is 29.3 Å². The van der Waals surface area contributed by atoms with Gasteiger partial charge in [-0.25, -0.2) is 9.97 Å². The summed E-state index contributed by atoms with van der Waals surface area (Å²) in [5.74, 6) is 3.20. The molecule has 2 aromatic heterocycles. The van der Waals surface area contributed by atoms with Crippen LogP contribution in [-0.4, -0.2) is 27.4 Å². The van der Waals surface area contributed by atoms with Crippen molar-refractivity contribution >= 4 is 28.9 Å². The van der Waals surface area contributed by atoms with E-state index in [0.29, 0.717) is 5.92 Å². The number of nitrogens with zero attached hydrogens (tertiary/aromatic N) is 2. The molecular formula is C16H23N3OS2. The van der Waals surface area contributed by atoms with Crippen LogP contribution in [0.5, 0.6) is 0 Å². The molecule has 0 atom stereocenters. The third-order valence-corrected chi connectivity index (χ3v) is 4.99. The largest absolute Gasteiger partial charge is 0.396 e. The van der Waals surface area contributed by atoms with Crippen molar-refractivity contribution in [1.82, 2.24) is 9.97 Å². The van der Waals surface area contributed by atoms with Crippen LogP contribution in [-0.2, 0) is 18.7 Å². The number of rotatable bonds is 9. The number of nitrogens with one attached hydrogen (secondary N) is 1. The summed E-state index contributed by atoms with van der Waals surface area (Å²) >= 11 is 3.49. The Morgan fingerprint density at radius 3 is 3.00 bits per heavy atom. The molecule has 0 aliphatic carbocycles. The van der Waals surface area contributed by atoms with Gasteiger partial charge in [0.2, 0.25) is 0 Å². The van der Waals surface area contributed by atoms with Gasteiger partial charge in [0, 0.05) is 35.2 Å². The zero-order valence-corrected chi connectivity index (χ0v) is 14.7. The molecule has 6 heteroatoms. The molecule has 0 amide bonds. The molecule has 0 fully saturated rings. The number of hydrogen-bond donors (Lipinski definition) is 2. The molecule has 0 bridgehead atoms. The van der Waals surface area contributed by atoms with Crippen molar-refractivity contribution in [3.05, 3.63) is 40.0 Å². The van der Waals surface area contributed by atoms with Crippen LogP contribution in [0.2, 0.25) is 0 Å². The fourth-order valence-corrected chi connectivity index (χ4v) is 3.73. The lowest BCUT2D eigenvalue weighted by Gasteiger charge is -2.06. The van der Waals surface area contributed by atoms with Gasteiger partial charge in [0.25, 0.3) is 0 Å². The summed E-state index contributed by atoms with van der Waals surface area (Å²) in [6, 6.07) is 4.09. The number of anilines is 1. The third-order valence-electron chi connectivity index (χ3n) is 2.96. The normalized spacial score (nSPS) is 11.1. The fraction of sp³-hybridized carbons (Fsp3) is 0.500. The van der Waals surface area contributed by atoms with Crippen LogP contribution in [0.4, 0.5) is 5.82 Å².